The topological polar surface area (TPSA) is 34.2 Å². The zero-order valence-corrected chi connectivity index (χ0v) is 28.7. The normalized spacial score (nSPS) is 18.6. The van der Waals surface area contributed by atoms with Gasteiger partial charge in [0, 0.05) is 48.2 Å². The van der Waals surface area contributed by atoms with Gasteiger partial charge in [-0.2, -0.15) is 0 Å². The fourth-order valence-corrected chi connectivity index (χ4v) is 7.16. The van der Waals surface area contributed by atoms with E-state index in [0.29, 0.717) is 11.3 Å². The minimum Gasteiger partial charge on any atom is -0.489 e. The summed E-state index contributed by atoms with van der Waals surface area (Å²) in [6.45, 7) is 4.18. The van der Waals surface area contributed by atoms with E-state index in [1.165, 1.54) is 45.5 Å². The molecule has 2 atom stereocenters. The Morgan fingerprint density at radius 2 is 1.21 bits per heavy atom. The Bertz CT molecular complexity index is 1750. The Morgan fingerprint density at radius 1 is 0.625 bits per heavy atom. The molecule has 4 aromatic carbocycles. The molecule has 0 saturated heterocycles. The molecule has 3 heterocycles. The summed E-state index contributed by atoms with van der Waals surface area (Å²) in [5.74, 6) is 3.05. The highest BCUT2D eigenvalue weighted by Crippen LogP contribution is 2.49. The first-order valence-corrected chi connectivity index (χ1v) is 17.1. The van der Waals surface area contributed by atoms with Crippen molar-refractivity contribution in [3.8, 4) is 11.5 Å². The van der Waals surface area contributed by atoms with Crippen LogP contribution in [0.1, 0.15) is 64.6 Å². The van der Waals surface area contributed by atoms with Crippen LogP contribution in [0.5, 0.6) is 11.5 Å². The van der Waals surface area contributed by atoms with Gasteiger partial charge in [0.15, 0.2) is 0 Å². The van der Waals surface area contributed by atoms with Crippen LogP contribution in [0.4, 0.5) is 4.39 Å². The number of halogens is 1. The third kappa shape index (κ3) is 6.65. The average molecular weight is 645 g/mol. The molecule has 3 aliphatic heterocycles. The van der Waals surface area contributed by atoms with Crippen LogP contribution < -0.4 is 4.74 Å². The number of ether oxygens (including phenoxy) is 3. The second-order valence-corrected chi connectivity index (χ2v) is 13.9. The van der Waals surface area contributed by atoms with Crippen LogP contribution in [-0.4, -0.2) is 63.3 Å². The van der Waals surface area contributed by atoms with E-state index in [1.807, 2.05) is 24.3 Å². The van der Waals surface area contributed by atoms with Crippen molar-refractivity contribution in [2.75, 3.05) is 41.3 Å². The highest BCUT2D eigenvalue weighted by molar-refractivity contribution is 5.94. The lowest BCUT2D eigenvalue weighted by atomic mass is 9.95. The van der Waals surface area contributed by atoms with Gasteiger partial charge in [-0.3, -0.25) is 0 Å². The fourth-order valence-electron chi connectivity index (χ4n) is 7.16. The molecule has 0 bridgehead atoms. The molecule has 0 fully saturated rings. The molecule has 4 aliphatic rings. The Morgan fingerprint density at radius 3 is 1.92 bits per heavy atom. The third-order valence-electron chi connectivity index (χ3n) is 9.63. The van der Waals surface area contributed by atoms with Gasteiger partial charge in [0.1, 0.15) is 41.0 Å². The van der Waals surface area contributed by atoms with Gasteiger partial charge in [0.05, 0.1) is 5.56 Å². The Balaban J connectivity index is 0.000000152. The van der Waals surface area contributed by atoms with Crippen molar-refractivity contribution in [2.24, 2.45) is 0 Å². The van der Waals surface area contributed by atoms with Crippen molar-refractivity contribution < 1.29 is 18.6 Å². The predicted molar refractivity (Wildman–Crippen MR) is 192 cm³/mol. The van der Waals surface area contributed by atoms with E-state index < -0.39 is 0 Å². The smallest absolute Gasteiger partial charge is 0.138 e. The second kappa shape index (κ2) is 13.6. The Hall–Kier alpha value is -4.39. The van der Waals surface area contributed by atoms with Gasteiger partial charge in [-0.1, -0.05) is 60.2 Å². The lowest BCUT2D eigenvalue weighted by molar-refractivity contribution is 0.167. The number of rotatable bonds is 6. The molecule has 0 spiro atoms. The Labute approximate surface area is 284 Å². The zero-order valence-electron chi connectivity index (χ0n) is 28.7. The van der Waals surface area contributed by atoms with Gasteiger partial charge in [-0.05, 0) is 101 Å². The minimum atomic E-state index is -0.282. The predicted octanol–water partition coefficient (Wildman–Crippen LogP) is 9.05. The first kappa shape index (κ1) is 32.2. The van der Waals surface area contributed by atoms with E-state index in [1.54, 1.807) is 6.07 Å². The number of fused-ring (bicyclic) bond motifs is 8. The standard InChI is InChI=1S/C22H25NO.C20H20FNO2/c1-15-8-9-17-13-16-6-4-5-7-19(16)21-14-18(10-11-23(2)3)24-22(21)20(17)12-15;1-22(2)10-9-14-12-16-15-5-3-4-6-18(15)24-19-8-7-13(21)11-17(19)20(16)23-14/h4-9,12,18H,10-11,13-14H2,1-3H3;3-8,11,14H,9-10,12H2,1-2H3. The van der Waals surface area contributed by atoms with Gasteiger partial charge in [0.25, 0.3) is 0 Å². The number of nitrogens with zero attached hydrogens (tertiary/aromatic N) is 2. The second-order valence-electron chi connectivity index (χ2n) is 13.9. The maximum absolute atomic E-state index is 13.8. The lowest BCUT2D eigenvalue weighted by Gasteiger charge is -2.18. The van der Waals surface area contributed by atoms with Crippen molar-refractivity contribution in [1.82, 2.24) is 9.80 Å². The summed E-state index contributed by atoms with van der Waals surface area (Å²) < 4.78 is 32.6. The molecule has 0 aromatic heterocycles. The number of hydrogen-bond donors (Lipinski definition) is 0. The molecule has 6 heteroatoms. The first-order valence-electron chi connectivity index (χ1n) is 17.1. The van der Waals surface area contributed by atoms with E-state index in [2.05, 4.69) is 87.4 Å². The average Bonchev–Trinajstić information content (AvgIpc) is 3.64. The van der Waals surface area contributed by atoms with Crippen LogP contribution >= 0.6 is 0 Å². The summed E-state index contributed by atoms with van der Waals surface area (Å²) >= 11 is 0. The van der Waals surface area contributed by atoms with Crippen molar-refractivity contribution in [2.45, 2.75) is 51.2 Å². The molecule has 248 valence electrons. The van der Waals surface area contributed by atoms with Crippen LogP contribution in [0.3, 0.4) is 0 Å². The summed E-state index contributed by atoms with van der Waals surface area (Å²) in [6.07, 6.45) is 5.24. The molecule has 0 radical (unpaired) electrons. The minimum absolute atomic E-state index is 0.111. The molecular formula is C42H45FN2O3. The SMILES string of the molecule is CN(C)CCC1CC2=C(O1)c1cc(F)ccc1Oc1ccccc12.Cc1ccc2c(c1)C1=C(CC(CCN(C)C)O1)c1ccccc1C2. The van der Waals surface area contributed by atoms with E-state index in [9.17, 15) is 4.39 Å². The van der Waals surface area contributed by atoms with Gasteiger partial charge < -0.3 is 24.0 Å². The molecule has 4 aromatic rings. The highest BCUT2D eigenvalue weighted by Gasteiger charge is 2.34. The van der Waals surface area contributed by atoms with Crippen molar-refractivity contribution in [3.05, 3.63) is 130 Å². The maximum atomic E-state index is 13.8. The van der Waals surface area contributed by atoms with E-state index in [4.69, 9.17) is 14.2 Å². The van der Waals surface area contributed by atoms with Crippen molar-refractivity contribution in [1.29, 1.82) is 0 Å². The maximum Gasteiger partial charge on any atom is 0.138 e. The third-order valence-corrected chi connectivity index (χ3v) is 9.63. The molecule has 8 rings (SSSR count). The number of para-hydroxylation sites is 1. The van der Waals surface area contributed by atoms with Crippen molar-refractivity contribution >= 4 is 22.7 Å². The fraction of sp³-hybridized carbons (Fsp3) is 0.333. The molecule has 0 N–H and O–H groups in total. The molecule has 2 unspecified atom stereocenters. The largest absolute Gasteiger partial charge is 0.489 e. The first-order chi connectivity index (χ1) is 23.2. The molecule has 48 heavy (non-hydrogen) atoms. The van der Waals surface area contributed by atoms with E-state index in [0.717, 1.165) is 73.6 Å². The monoisotopic (exact) mass is 644 g/mol. The van der Waals surface area contributed by atoms with Crippen LogP contribution in [-0.2, 0) is 15.9 Å². The van der Waals surface area contributed by atoms with Gasteiger partial charge in [-0.25, -0.2) is 4.39 Å². The van der Waals surface area contributed by atoms with E-state index >= 15 is 0 Å². The van der Waals surface area contributed by atoms with Crippen LogP contribution in [0.15, 0.2) is 84.9 Å². The summed E-state index contributed by atoms with van der Waals surface area (Å²) in [5.41, 5.74) is 11.0. The number of aryl methyl sites for hydroxylation is 1. The van der Waals surface area contributed by atoms with Crippen LogP contribution in [0.25, 0.3) is 22.7 Å². The van der Waals surface area contributed by atoms with Gasteiger partial charge >= 0.3 is 0 Å². The lowest BCUT2D eigenvalue weighted by Crippen LogP contribution is -2.19. The molecule has 0 saturated carbocycles. The quantitative estimate of drug-likeness (QED) is 0.209. The number of benzene rings is 4. The molecule has 0 amide bonds. The van der Waals surface area contributed by atoms with Crippen molar-refractivity contribution in [3.63, 3.8) is 0 Å². The Kier molecular flexibility index (Phi) is 9.13. The van der Waals surface area contributed by atoms with E-state index in [-0.39, 0.29) is 18.0 Å². The van der Waals surface area contributed by atoms with Crippen LogP contribution in [0.2, 0.25) is 0 Å². The molecule has 5 nitrogen and oxygen atoms in total. The zero-order chi connectivity index (χ0) is 33.4. The van der Waals surface area contributed by atoms with Crippen LogP contribution in [0, 0.1) is 12.7 Å². The summed E-state index contributed by atoms with van der Waals surface area (Å²) in [4.78, 5) is 4.39. The highest BCUT2D eigenvalue weighted by atomic mass is 19.1. The summed E-state index contributed by atoms with van der Waals surface area (Å²) in [5, 5.41) is 0. The van der Waals surface area contributed by atoms with Gasteiger partial charge in [-0.15, -0.1) is 0 Å². The van der Waals surface area contributed by atoms with Gasteiger partial charge in [0.2, 0.25) is 0 Å². The summed E-state index contributed by atoms with van der Waals surface area (Å²) in [6, 6.07) is 28.2. The molecular weight excluding hydrogens is 599 g/mol. The molecule has 1 aliphatic carbocycles. The summed E-state index contributed by atoms with van der Waals surface area (Å²) in [7, 11) is 8.37. The number of hydrogen-bond acceptors (Lipinski definition) is 5.